The number of ether oxygens (including phenoxy) is 1. The van der Waals surface area contributed by atoms with E-state index < -0.39 is 0 Å². The molecule has 2 heteroatoms. The smallest absolute Gasteiger partial charge is 0.113 e. The van der Waals surface area contributed by atoms with Crippen molar-refractivity contribution in [1.82, 2.24) is 0 Å². The van der Waals surface area contributed by atoms with Crippen molar-refractivity contribution in [3.8, 4) is 0 Å². The van der Waals surface area contributed by atoms with Crippen LogP contribution in [0.2, 0.25) is 0 Å². The second-order valence-electron chi connectivity index (χ2n) is 3.79. The molecule has 0 amide bonds. The van der Waals surface area contributed by atoms with Gasteiger partial charge in [-0.05, 0) is 17.5 Å². The van der Waals surface area contributed by atoms with Gasteiger partial charge in [0.15, 0.2) is 0 Å². The maximum atomic E-state index is 12.0. The van der Waals surface area contributed by atoms with E-state index in [0.29, 0.717) is 5.92 Å². The summed E-state index contributed by atoms with van der Waals surface area (Å²) < 4.78 is 17.4. The Hall–Kier alpha value is -0.890. The monoisotopic (exact) mass is 194 g/mol. The lowest BCUT2D eigenvalue weighted by molar-refractivity contribution is 0.0378. The van der Waals surface area contributed by atoms with Crippen molar-refractivity contribution in [2.45, 2.75) is 25.4 Å². The van der Waals surface area contributed by atoms with Gasteiger partial charge in [-0.1, -0.05) is 31.2 Å². The zero-order valence-corrected chi connectivity index (χ0v) is 8.37. The van der Waals surface area contributed by atoms with Crippen LogP contribution in [-0.2, 0) is 11.2 Å². The van der Waals surface area contributed by atoms with Crippen molar-refractivity contribution >= 4 is 0 Å². The zero-order valence-electron chi connectivity index (χ0n) is 8.37. The summed E-state index contributed by atoms with van der Waals surface area (Å²) in [6.07, 6.45) is 1.10. The number of rotatable bonds is 3. The van der Waals surface area contributed by atoms with Gasteiger partial charge in [0.05, 0.1) is 12.7 Å². The molecule has 0 aromatic heterocycles. The molecule has 14 heavy (non-hydrogen) atoms. The van der Waals surface area contributed by atoms with Crippen LogP contribution >= 0.6 is 0 Å². The number of fused-ring (bicyclic) bond motifs is 1. The Morgan fingerprint density at radius 2 is 2.21 bits per heavy atom. The summed E-state index contributed by atoms with van der Waals surface area (Å²) in [6, 6.07) is 8.36. The number of alkyl halides is 1. The average molecular weight is 194 g/mol. The molecular weight excluding hydrogens is 179 g/mol. The number of hydrogen-bond donors (Lipinski definition) is 0. The highest BCUT2D eigenvalue weighted by Gasteiger charge is 2.28. The maximum Gasteiger partial charge on any atom is 0.113 e. The highest BCUT2D eigenvalue weighted by Crippen LogP contribution is 2.34. The van der Waals surface area contributed by atoms with Gasteiger partial charge in [0.2, 0.25) is 0 Å². The molecule has 2 rings (SSSR count). The molecule has 2 atom stereocenters. The molecule has 1 nitrogen and oxygen atoms in total. The van der Waals surface area contributed by atoms with Crippen molar-refractivity contribution in [2.75, 3.05) is 13.3 Å². The minimum Gasteiger partial charge on any atom is -0.375 e. The fraction of sp³-hybridized carbons (Fsp3) is 0.500. The summed E-state index contributed by atoms with van der Waals surface area (Å²) in [5, 5.41) is 0. The van der Waals surface area contributed by atoms with E-state index >= 15 is 0 Å². The molecule has 0 aliphatic heterocycles. The Balaban J connectivity index is 2.09. The van der Waals surface area contributed by atoms with E-state index in [4.69, 9.17) is 4.74 Å². The quantitative estimate of drug-likeness (QED) is 0.718. The third-order valence-electron chi connectivity index (χ3n) is 2.93. The van der Waals surface area contributed by atoms with E-state index in [0.717, 1.165) is 6.42 Å². The van der Waals surface area contributed by atoms with E-state index in [1.165, 1.54) is 11.1 Å². The zero-order chi connectivity index (χ0) is 9.97. The molecule has 1 aromatic rings. The molecule has 1 aliphatic carbocycles. The maximum absolute atomic E-state index is 12.0. The van der Waals surface area contributed by atoms with E-state index in [1.807, 2.05) is 12.1 Å². The molecule has 0 saturated heterocycles. The number of benzene rings is 1. The molecule has 0 saturated carbocycles. The molecule has 0 fully saturated rings. The Morgan fingerprint density at radius 3 is 2.93 bits per heavy atom. The van der Waals surface area contributed by atoms with E-state index in [-0.39, 0.29) is 19.4 Å². The van der Waals surface area contributed by atoms with Crippen LogP contribution in [0.3, 0.4) is 0 Å². The molecule has 1 aromatic carbocycles. The Morgan fingerprint density at radius 1 is 1.43 bits per heavy atom. The molecule has 0 N–H and O–H groups in total. The van der Waals surface area contributed by atoms with Crippen LogP contribution in [-0.4, -0.2) is 19.4 Å². The van der Waals surface area contributed by atoms with Crippen LogP contribution in [0.1, 0.15) is 24.0 Å². The standard InChI is InChI=1S/C12H15FO/c1-9-11-5-3-2-4-10(11)8-12(9)14-7-6-13/h2-5,9,12H,6-8H2,1H3. The molecule has 1 aliphatic rings. The van der Waals surface area contributed by atoms with Crippen molar-refractivity contribution < 1.29 is 9.13 Å². The summed E-state index contributed by atoms with van der Waals surface area (Å²) in [5.74, 6) is 0.401. The normalized spacial score (nSPS) is 25.0. The Labute approximate surface area is 83.9 Å². The van der Waals surface area contributed by atoms with Gasteiger partial charge in [-0.3, -0.25) is 0 Å². The summed E-state index contributed by atoms with van der Waals surface area (Å²) >= 11 is 0. The second-order valence-corrected chi connectivity index (χ2v) is 3.79. The molecule has 0 spiro atoms. The third-order valence-corrected chi connectivity index (χ3v) is 2.93. The van der Waals surface area contributed by atoms with Crippen LogP contribution in [0.15, 0.2) is 24.3 Å². The van der Waals surface area contributed by atoms with Gasteiger partial charge in [0, 0.05) is 5.92 Å². The van der Waals surface area contributed by atoms with E-state index in [1.54, 1.807) is 0 Å². The molecule has 76 valence electrons. The van der Waals surface area contributed by atoms with Crippen molar-refractivity contribution in [3.63, 3.8) is 0 Å². The largest absolute Gasteiger partial charge is 0.375 e. The lowest BCUT2D eigenvalue weighted by atomic mass is 10.0. The lowest BCUT2D eigenvalue weighted by Crippen LogP contribution is -2.17. The number of hydrogen-bond acceptors (Lipinski definition) is 1. The summed E-state index contributed by atoms with van der Waals surface area (Å²) in [7, 11) is 0. The van der Waals surface area contributed by atoms with Crippen LogP contribution in [0.5, 0.6) is 0 Å². The van der Waals surface area contributed by atoms with Gasteiger partial charge < -0.3 is 4.74 Å². The first kappa shape index (κ1) is 9.66. The van der Waals surface area contributed by atoms with Crippen molar-refractivity contribution in [1.29, 1.82) is 0 Å². The average Bonchev–Trinajstić information content (AvgIpc) is 2.54. The number of halogens is 1. The molecular formula is C12H15FO. The highest BCUT2D eigenvalue weighted by molar-refractivity contribution is 5.36. The Kier molecular flexibility index (Phi) is 2.82. The predicted octanol–water partition coefficient (Wildman–Crippen LogP) is 2.70. The lowest BCUT2D eigenvalue weighted by Gasteiger charge is -2.15. The van der Waals surface area contributed by atoms with Crippen molar-refractivity contribution in [3.05, 3.63) is 35.4 Å². The van der Waals surface area contributed by atoms with Gasteiger partial charge in [-0.2, -0.15) is 0 Å². The van der Waals surface area contributed by atoms with Gasteiger partial charge in [0.1, 0.15) is 6.67 Å². The van der Waals surface area contributed by atoms with Crippen LogP contribution < -0.4 is 0 Å². The summed E-state index contributed by atoms with van der Waals surface area (Å²) in [4.78, 5) is 0. The van der Waals surface area contributed by atoms with Crippen LogP contribution in [0.25, 0.3) is 0 Å². The molecule has 0 bridgehead atoms. The minimum atomic E-state index is -0.389. The molecule has 0 radical (unpaired) electrons. The first-order chi connectivity index (χ1) is 6.83. The van der Waals surface area contributed by atoms with Gasteiger partial charge in [0.25, 0.3) is 0 Å². The fourth-order valence-corrected chi connectivity index (χ4v) is 2.16. The minimum absolute atomic E-state index is 0.170. The highest BCUT2D eigenvalue weighted by atomic mass is 19.1. The SMILES string of the molecule is CC1c2ccccc2CC1OCCF. The first-order valence-electron chi connectivity index (χ1n) is 5.08. The predicted molar refractivity (Wildman–Crippen MR) is 54.3 cm³/mol. The van der Waals surface area contributed by atoms with Gasteiger partial charge in [-0.15, -0.1) is 0 Å². The van der Waals surface area contributed by atoms with Gasteiger partial charge >= 0.3 is 0 Å². The first-order valence-corrected chi connectivity index (χ1v) is 5.08. The van der Waals surface area contributed by atoms with E-state index in [2.05, 4.69) is 19.1 Å². The van der Waals surface area contributed by atoms with E-state index in [9.17, 15) is 4.39 Å². The van der Waals surface area contributed by atoms with Crippen LogP contribution in [0, 0.1) is 0 Å². The third kappa shape index (κ3) is 1.67. The molecule has 2 unspecified atom stereocenters. The van der Waals surface area contributed by atoms with Crippen molar-refractivity contribution in [2.24, 2.45) is 0 Å². The second kappa shape index (κ2) is 4.09. The topological polar surface area (TPSA) is 9.23 Å². The van der Waals surface area contributed by atoms with Crippen LogP contribution in [0.4, 0.5) is 4.39 Å². The van der Waals surface area contributed by atoms with Gasteiger partial charge in [-0.25, -0.2) is 4.39 Å². The summed E-state index contributed by atoms with van der Waals surface area (Å²) in [6.45, 7) is 1.98. The summed E-state index contributed by atoms with van der Waals surface area (Å²) in [5.41, 5.74) is 2.71. The molecule has 0 heterocycles. The Bertz CT molecular complexity index is 311. The fourth-order valence-electron chi connectivity index (χ4n) is 2.16.